The summed E-state index contributed by atoms with van der Waals surface area (Å²) in [6.45, 7) is 3.85. The highest BCUT2D eigenvalue weighted by atomic mass is 19.1. The van der Waals surface area contributed by atoms with E-state index in [1.165, 1.54) is 12.1 Å². The molecule has 2 amide bonds. The van der Waals surface area contributed by atoms with Gasteiger partial charge in [-0.2, -0.15) is 0 Å². The van der Waals surface area contributed by atoms with Gasteiger partial charge in [0.15, 0.2) is 6.61 Å². The van der Waals surface area contributed by atoms with Gasteiger partial charge in [0.25, 0.3) is 5.91 Å². The normalized spacial score (nSPS) is 13.0. The zero-order chi connectivity index (χ0) is 21.3. The minimum Gasteiger partial charge on any atom is -0.482 e. The van der Waals surface area contributed by atoms with Crippen LogP contribution in [0.4, 0.5) is 15.8 Å². The summed E-state index contributed by atoms with van der Waals surface area (Å²) < 4.78 is 23.8. The number of ether oxygens (including phenoxy) is 1. The van der Waals surface area contributed by atoms with Gasteiger partial charge in [0.05, 0.1) is 24.3 Å². The molecule has 1 N–H and O–H groups in total. The van der Waals surface area contributed by atoms with E-state index in [4.69, 9.17) is 9.26 Å². The molecule has 0 spiro atoms. The second kappa shape index (κ2) is 7.98. The first-order chi connectivity index (χ1) is 14.4. The van der Waals surface area contributed by atoms with Crippen molar-refractivity contribution in [1.29, 1.82) is 0 Å². The van der Waals surface area contributed by atoms with Crippen LogP contribution in [0.1, 0.15) is 22.6 Å². The molecule has 8 heteroatoms. The third kappa shape index (κ3) is 4.03. The van der Waals surface area contributed by atoms with Crippen molar-refractivity contribution in [3.05, 3.63) is 70.9 Å². The fourth-order valence-electron chi connectivity index (χ4n) is 3.33. The fraction of sp³-hybridized carbons (Fsp3) is 0.227. The molecule has 0 saturated carbocycles. The molecule has 7 nitrogen and oxygen atoms in total. The number of nitrogens with zero attached hydrogens (tertiary/aromatic N) is 2. The van der Waals surface area contributed by atoms with Gasteiger partial charge in [0.1, 0.15) is 17.3 Å². The standard InChI is InChI=1S/C22H20FN3O4/c1-13-18(14(2)30-25-13)11-26-19-10-17(7-8-20(19)29-12-22(26)28)24-21(27)9-15-3-5-16(23)6-4-15/h3-8,10H,9,11-12H2,1-2H3,(H,24,27). The van der Waals surface area contributed by atoms with E-state index in [1.807, 2.05) is 6.92 Å². The number of carbonyl (C=O) groups excluding carboxylic acids is 2. The van der Waals surface area contributed by atoms with E-state index in [2.05, 4.69) is 10.5 Å². The smallest absolute Gasteiger partial charge is 0.265 e. The number of aromatic nitrogens is 1. The van der Waals surface area contributed by atoms with Crippen LogP contribution >= 0.6 is 0 Å². The van der Waals surface area contributed by atoms with Crippen LogP contribution in [0.3, 0.4) is 0 Å². The van der Waals surface area contributed by atoms with Crippen LogP contribution in [0.5, 0.6) is 5.75 Å². The Balaban J connectivity index is 1.55. The molecule has 2 aromatic carbocycles. The highest BCUT2D eigenvalue weighted by Crippen LogP contribution is 2.36. The van der Waals surface area contributed by atoms with Crippen LogP contribution in [0.2, 0.25) is 0 Å². The van der Waals surface area contributed by atoms with Gasteiger partial charge in [-0.05, 0) is 49.7 Å². The van der Waals surface area contributed by atoms with E-state index in [0.717, 1.165) is 11.3 Å². The Morgan fingerprint density at radius 1 is 1.20 bits per heavy atom. The predicted octanol–water partition coefficient (Wildman–Crippen LogP) is 3.54. The highest BCUT2D eigenvalue weighted by molar-refractivity contribution is 5.99. The molecule has 30 heavy (non-hydrogen) atoms. The third-order valence-electron chi connectivity index (χ3n) is 4.96. The Hall–Kier alpha value is -3.68. The highest BCUT2D eigenvalue weighted by Gasteiger charge is 2.28. The number of rotatable bonds is 5. The molecule has 1 aliphatic heterocycles. The summed E-state index contributed by atoms with van der Waals surface area (Å²) in [5.74, 6) is 0.408. The summed E-state index contributed by atoms with van der Waals surface area (Å²) in [4.78, 5) is 26.5. The molecular weight excluding hydrogens is 389 g/mol. The third-order valence-corrected chi connectivity index (χ3v) is 4.96. The number of hydrogen-bond acceptors (Lipinski definition) is 5. The van der Waals surface area contributed by atoms with Crippen molar-refractivity contribution in [2.45, 2.75) is 26.8 Å². The number of anilines is 2. The van der Waals surface area contributed by atoms with Crippen molar-refractivity contribution in [2.24, 2.45) is 0 Å². The lowest BCUT2D eigenvalue weighted by atomic mass is 10.1. The quantitative estimate of drug-likeness (QED) is 0.697. The van der Waals surface area contributed by atoms with Gasteiger partial charge in [0, 0.05) is 11.3 Å². The minimum absolute atomic E-state index is 0.0628. The number of hydrogen-bond donors (Lipinski definition) is 1. The molecule has 3 aromatic rings. The monoisotopic (exact) mass is 409 g/mol. The fourth-order valence-corrected chi connectivity index (χ4v) is 3.33. The maximum absolute atomic E-state index is 13.0. The second-order valence-electron chi connectivity index (χ2n) is 7.11. The van der Waals surface area contributed by atoms with Crippen LogP contribution in [0.25, 0.3) is 0 Å². The van der Waals surface area contributed by atoms with Gasteiger partial charge < -0.3 is 19.5 Å². The Morgan fingerprint density at radius 2 is 1.97 bits per heavy atom. The maximum Gasteiger partial charge on any atom is 0.265 e. The van der Waals surface area contributed by atoms with E-state index in [1.54, 1.807) is 42.2 Å². The summed E-state index contributed by atoms with van der Waals surface area (Å²) in [6, 6.07) is 10.9. The average molecular weight is 409 g/mol. The first kappa shape index (κ1) is 19.6. The van der Waals surface area contributed by atoms with E-state index in [0.29, 0.717) is 35.0 Å². The molecule has 1 aliphatic rings. The van der Waals surface area contributed by atoms with Crippen LogP contribution in [0.15, 0.2) is 47.0 Å². The van der Waals surface area contributed by atoms with Crippen LogP contribution < -0.4 is 15.0 Å². The van der Waals surface area contributed by atoms with E-state index in [-0.39, 0.29) is 30.7 Å². The van der Waals surface area contributed by atoms with Crippen molar-refractivity contribution >= 4 is 23.2 Å². The SMILES string of the molecule is Cc1noc(C)c1CN1C(=O)COc2ccc(NC(=O)Cc3ccc(F)cc3)cc21. The van der Waals surface area contributed by atoms with Crippen LogP contribution in [-0.4, -0.2) is 23.6 Å². The number of carbonyl (C=O) groups is 2. The molecule has 0 radical (unpaired) electrons. The molecule has 1 aromatic heterocycles. The maximum atomic E-state index is 13.0. The largest absolute Gasteiger partial charge is 0.482 e. The Morgan fingerprint density at radius 3 is 2.67 bits per heavy atom. The van der Waals surface area contributed by atoms with Crippen molar-refractivity contribution in [3.63, 3.8) is 0 Å². The number of halogens is 1. The second-order valence-corrected chi connectivity index (χ2v) is 7.11. The molecule has 0 atom stereocenters. The average Bonchev–Trinajstić information content (AvgIpc) is 3.03. The Kier molecular flexibility index (Phi) is 5.22. The van der Waals surface area contributed by atoms with Crippen molar-refractivity contribution in [1.82, 2.24) is 5.16 Å². The summed E-state index contributed by atoms with van der Waals surface area (Å²) >= 11 is 0. The molecule has 0 unspecified atom stereocenters. The lowest BCUT2D eigenvalue weighted by Crippen LogP contribution is -2.38. The van der Waals surface area contributed by atoms with Gasteiger partial charge in [-0.25, -0.2) is 4.39 Å². The van der Waals surface area contributed by atoms with E-state index < -0.39 is 0 Å². The number of nitrogens with one attached hydrogen (secondary N) is 1. The lowest BCUT2D eigenvalue weighted by Gasteiger charge is -2.29. The number of aryl methyl sites for hydroxylation is 2. The molecule has 154 valence electrons. The Labute approximate surface area is 172 Å². The van der Waals surface area contributed by atoms with E-state index in [9.17, 15) is 14.0 Å². The summed E-state index contributed by atoms with van der Waals surface area (Å²) in [6.07, 6.45) is 0.107. The molecule has 0 saturated heterocycles. The molecular formula is C22H20FN3O4. The minimum atomic E-state index is -0.350. The van der Waals surface area contributed by atoms with Gasteiger partial charge in [-0.3, -0.25) is 9.59 Å². The first-order valence-corrected chi connectivity index (χ1v) is 9.44. The predicted molar refractivity (Wildman–Crippen MR) is 108 cm³/mol. The van der Waals surface area contributed by atoms with Crippen molar-refractivity contribution in [3.8, 4) is 5.75 Å². The van der Waals surface area contributed by atoms with Crippen LogP contribution in [-0.2, 0) is 22.6 Å². The molecule has 0 fully saturated rings. The van der Waals surface area contributed by atoms with Gasteiger partial charge in [-0.15, -0.1) is 0 Å². The van der Waals surface area contributed by atoms with Crippen molar-refractivity contribution < 1.29 is 23.2 Å². The molecule has 2 heterocycles. The first-order valence-electron chi connectivity index (χ1n) is 9.44. The topological polar surface area (TPSA) is 84.7 Å². The zero-order valence-corrected chi connectivity index (χ0v) is 16.6. The molecule has 0 bridgehead atoms. The van der Waals surface area contributed by atoms with E-state index >= 15 is 0 Å². The van der Waals surface area contributed by atoms with Gasteiger partial charge >= 0.3 is 0 Å². The van der Waals surface area contributed by atoms with Gasteiger partial charge in [-0.1, -0.05) is 17.3 Å². The summed E-state index contributed by atoms with van der Waals surface area (Å²) in [5.41, 5.74) is 3.35. The van der Waals surface area contributed by atoms with Gasteiger partial charge in [0.2, 0.25) is 5.91 Å². The molecule has 0 aliphatic carbocycles. The summed E-state index contributed by atoms with van der Waals surface area (Å²) in [5, 5.41) is 6.76. The number of amides is 2. The Bertz CT molecular complexity index is 1090. The van der Waals surface area contributed by atoms with Crippen molar-refractivity contribution in [2.75, 3.05) is 16.8 Å². The molecule has 4 rings (SSSR count). The van der Waals surface area contributed by atoms with Crippen LogP contribution in [0, 0.1) is 19.7 Å². The lowest BCUT2D eigenvalue weighted by molar-refractivity contribution is -0.121. The summed E-state index contributed by atoms with van der Waals surface area (Å²) in [7, 11) is 0. The zero-order valence-electron chi connectivity index (χ0n) is 16.6. The number of benzene rings is 2. The number of fused-ring (bicyclic) bond motifs is 1.